The molecule has 0 bridgehead atoms. The second kappa shape index (κ2) is 9.86. The highest BCUT2D eigenvalue weighted by atomic mass is 16.6. The van der Waals surface area contributed by atoms with Crippen LogP contribution in [0.3, 0.4) is 0 Å². The SMILES string of the molecule is CCCCOC[C@H]1C[C@H](CC#CCN2CCCCC2)C(=O)O1. The molecule has 124 valence electrons. The van der Waals surface area contributed by atoms with Crippen molar-refractivity contribution in [2.45, 2.75) is 58.0 Å². The molecular weight excluding hydrogens is 278 g/mol. The van der Waals surface area contributed by atoms with Gasteiger partial charge in [0.15, 0.2) is 0 Å². The van der Waals surface area contributed by atoms with Gasteiger partial charge in [0.1, 0.15) is 6.10 Å². The van der Waals surface area contributed by atoms with E-state index >= 15 is 0 Å². The minimum atomic E-state index is -0.101. The van der Waals surface area contributed by atoms with E-state index in [1.165, 1.54) is 19.3 Å². The summed E-state index contributed by atoms with van der Waals surface area (Å²) in [7, 11) is 0. The Hall–Kier alpha value is -1.05. The molecule has 2 rings (SSSR count). The fourth-order valence-corrected chi connectivity index (χ4v) is 2.93. The lowest BCUT2D eigenvalue weighted by Crippen LogP contribution is -2.29. The third-order valence-corrected chi connectivity index (χ3v) is 4.33. The Labute approximate surface area is 134 Å². The average Bonchev–Trinajstić information content (AvgIpc) is 2.89. The van der Waals surface area contributed by atoms with Gasteiger partial charge in [-0.3, -0.25) is 9.69 Å². The van der Waals surface area contributed by atoms with Crippen LogP contribution >= 0.6 is 0 Å². The molecule has 2 saturated heterocycles. The summed E-state index contributed by atoms with van der Waals surface area (Å²) in [6.45, 7) is 6.59. The molecule has 2 heterocycles. The van der Waals surface area contributed by atoms with Gasteiger partial charge < -0.3 is 9.47 Å². The fourth-order valence-electron chi connectivity index (χ4n) is 2.93. The zero-order valence-corrected chi connectivity index (χ0v) is 13.8. The second-order valence-corrected chi connectivity index (χ2v) is 6.31. The van der Waals surface area contributed by atoms with Crippen LogP contribution in [-0.4, -0.2) is 49.8 Å². The van der Waals surface area contributed by atoms with E-state index in [4.69, 9.17) is 9.47 Å². The third-order valence-electron chi connectivity index (χ3n) is 4.33. The molecule has 22 heavy (non-hydrogen) atoms. The van der Waals surface area contributed by atoms with Crippen LogP contribution in [-0.2, 0) is 14.3 Å². The quantitative estimate of drug-likeness (QED) is 0.412. The predicted molar refractivity (Wildman–Crippen MR) is 86.4 cm³/mol. The number of carbonyl (C=O) groups excluding carboxylic acids is 1. The number of rotatable bonds is 7. The Kier molecular flexibility index (Phi) is 7.76. The molecule has 0 N–H and O–H groups in total. The van der Waals surface area contributed by atoms with Gasteiger partial charge in [0.05, 0.1) is 19.1 Å². The van der Waals surface area contributed by atoms with Crippen molar-refractivity contribution in [2.24, 2.45) is 5.92 Å². The maximum Gasteiger partial charge on any atom is 0.310 e. The first-order valence-corrected chi connectivity index (χ1v) is 8.76. The van der Waals surface area contributed by atoms with Crippen LogP contribution in [0.4, 0.5) is 0 Å². The first-order chi connectivity index (χ1) is 10.8. The van der Waals surface area contributed by atoms with E-state index in [2.05, 4.69) is 23.7 Å². The van der Waals surface area contributed by atoms with Gasteiger partial charge in [-0.25, -0.2) is 0 Å². The molecular formula is C18H29NO3. The summed E-state index contributed by atoms with van der Waals surface area (Å²) in [4.78, 5) is 14.2. The summed E-state index contributed by atoms with van der Waals surface area (Å²) in [5, 5.41) is 0. The summed E-state index contributed by atoms with van der Waals surface area (Å²) in [6, 6.07) is 0. The van der Waals surface area contributed by atoms with E-state index in [9.17, 15) is 4.79 Å². The molecule has 0 aromatic heterocycles. The van der Waals surface area contributed by atoms with Crippen molar-refractivity contribution in [1.29, 1.82) is 0 Å². The number of hydrogen-bond donors (Lipinski definition) is 0. The minimum absolute atomic E-state index is 0.0615. The maximum absolute atomic E-state index is 11.8. The van der Waals surface area contributed by atoms with Crippen molar-refractivity contribution in [1.82, 2.24) is 4.90 Å². The Balaban J connectivity index is 1.62. The Morgan fingerprint density at radius 1 is 1.27 bits per heavy atom. The lowest BCUT2D eigenvalue weighted by Gasteiger charge is -2.23. The topological polar surface area (TPSA) is 38.8 Å². The summed E-state index contributed by atoms with van der Waals surface area (Å²) in [5.74, 6) is 6.22. The van der Waals surface area contributed by atoms with Gasteiger partial charge >= 0.3 is 5.97 Å². The number of hydrogen-bond acceptors (Lipinski definition) is 4. The summed E-state index contributed by atoms with van der Waals surface area (Å²) in [6.07, 6.45) is 7.41. The van der Waals surface area contributed by atoms with Crippen molar-refractivity contribution in [2.75, 3.05) is 32.8 Å². The van der Waals surface area contributed by atoms with Crippen LogP contribution in [0.1, 0.15) is 51.9 Å². The normalized spacial score (nSPS) is 25.6. The number of piperidine rings is 1. The Morgan fingerprint density at radius 2 is 2.09 bits per heavy atom. The summed E-state index contributed by atoms with van der Waals surface area (Å²) in [5.41, 5.74) is 0. The molecule has 0 aliphatic carbocycles. The highest BCUT2D eigenvalue weighted by molar-refractivity contribution is 5.75. The van der Waals surface area contributed by atoms with Gasteiger partial charge in [0.2, 0.25) is 0 Å². The van der Waals surface area contributed by atoms with E-state index < -0.39 is 0 Å². The smallest absolute Gasteiger partial charge is 0.310 e. The van der Waals surface area contributed by atoms with Gasteiger partial charge in [-0.1, -0.05) is 25.7 Å². The molecule has 0 aromatic carbocycles. The number of esters is 1. The number of unbranched alkanes of at least 4 members (excludes halogenated alkanes) is 1. The molecule has 0 spiro atoms. The van der Waals surface area contributed by atoms with Gasteiger partial charge in [0, 0.05) is 19.4 Å². The molecule has 2 atom stereocenters. The zero-order chi connectivity index (χ0) is 15.6. The lowest BCUT2D eigenvalue weighted by atomic mass is 10.0. The van der Waals surface area contributed by atoms with Crippen LogP contribution in [0.15, 0.2) is 0 Å². The van der Waals surface area contributed by atoms with Crippen LogP contribution in [0.2, 0.25) is 0 Å². The number of cyclic esters (lactones) is 1. The van der Waals surface area contributed by atoms with Crippen LogP contribution in [0.25, 0.3) is 0 Å². The molecule has 2 aliphatic heterocycles. The molecule has 4 nitrogen and oxygen atoms in total. The number of ether oxygens (including phenoxy) is 2. The van der Waals surface area contributed by atoms with Gasteiger partial charge in [-0.05, 0) is 32.4 Å². The Morgan fingerprint density at radius 3 is 2.86 bits per heavy atom. The van der Waals surface area contributed by atoms with Crippen molar-refractivity contribution in [3.63, 3.8) is 0 Å². The van der Waals surface area contributed by atoms with Crippen molar-refractivity contribution >= 4 is 5.97 Å². The number of carbonyl (C=O) groups is 1. The second-order valence-electron chi connectivity index (χ2n) is 6.31. The third kappa shape index (κ3) is 5.98. The highest BCUT2D eigenvalue weighted by Gasteiger charge is 2.33. The van der Waals surface area contributed by atoms with Crippen LogP contribution in [0.5, 0.6) is 0 Å². The van der Waals surface area contributed by atoms with Crippen LogP contribution < -0.4 is 0 Å². The maximum atomic E-state index is 11.8. The average molecular weight is 307 g/mol. The molecule has 0 radical (unpaired) electrons. The molecule has 0 aromatic rings. The zero-order valence-electron chi connectivity index (χ0n) is 13.8. The summed E-state index contributed by atoms with van der Waals surface area (Å²) < 4.78 is 10.9. The van der Waals surface area contributed by atoms with Crippen molar-refractivity contribution in [3.05, 3.63) is 0 Å². The lowest BCUT2D eigenvalue weighted by molar-refractivity contribution is -0.146. The standard InChI is InChI=1S/C18H29NO3/c1-2-3-13-21-15-17-14-16(18(20)22-17)9-5-8-12-19-10-6-4-7-11-19/h16-17H,2-4,6-7,9-15H2,1H3/t16-,17+/m0/s1. The van der Waals surface area contributed by atoms with E-state index in [1.54, 1.807) is 0 Å². The van der Waals surface area contributed by atoms with Crippen molar-refractivity contribution < 1.29 is 14.3 Å². The number of nitrogens with zero attached hydrogens (tertiary/aromatic N) is 1. The summed E-state index contributed by atoms with van der Waals surface area (Å²) >= 11 is 0. The van der Waals surface area contributed by atoms with Crippen LogP contribution in [0, 0.1) is 17.8 Å². The molecule has 4 heteroatoms. The van der Waals surface area contributed by atoms with Crippen molar-refractivity contribution in [3.8, 4) is 11.8 Å². The molecule has 0 saturated carbocycles. The van der Waals surface area contributed by atoms with Gasteiger partial charge in [0.25, 0.3) is 0 Å². The van der Waals surface area contributed by atoms with E-state index in [0.717, 1.165) is 45.5 Å². The predicted octanol–water partition coefficient (Wildman–Crippen LogP) is 2.61. The molecule has 2 aliphatic rings. The van der Waals surface area contributed by atoms with E-state index in [1.807, 2.05) is 0 Å². The minimum Gasteiger partial charge on any atom is -0.460 e. The van der Waals surface area contributed by atoms with E-state index in [-0.39, 0.29) is 18.0 Å². The van der Waals surface area contributed by atoms with E-state index in [0.29, 0.717) is 13.0 Å². The fraction of sp³-hybridized carbons (Fsp3) is 0.833. The Bertz CT molecular complexity index is 393. The van der Waals surface area contributed by atoms with Gasteiger partial charge in [-0.2, -0.15) is 0 Å². The molecule has 2 fully saturated rings. The largest absolute Gasteiger partial charge is 0.460 e. The molecule has 0 amide bonds. The van der Waals surface area contributed by atoms with Gasteiger partial charge in [-0.15, -0.1) is 5.92 Å². The highest BCUT2D eigenvalue weighted by Crippen LogP contribution is 2.24. The first kappa shape index (κ1) is 17.3. The number of likely N-dealkylation sites (tertiary alicyclic amines) is 1. The monoisotopic (exact) mass is 307 g/mol. The first-order valence-electron chi connectivity index (χ1n) is 8.76. The molecule has 0 unspecified atom stereocenters.